The minimum Gasteiger partial charge on any atom is -0.399 e. The molecule has 0 atom stereocenters. The Hall–Kier alpha value is -1.35. The Morgan fingerprint density at radius 2 is 2.38 bits per heavy atom. The second-order valence-corrected chi connectivity index (χ2v) is 3.71. The highest BCUT2D eigenvalue weighted by atomic mass is 19.1. The van der Waals surface area contributed by atoms with Crippen molar-refractivity contribution in [1.82, 2.24) is 0 Å². The zero-order valence-corrected chi connectivity index (χ0v) is 9.58. The Balaban J connectivity index is 2.52. The summed E-state index contributed by atoms with van der Waals surface area (Å²) in [5.74, 6) is -0.288. The van der Waals surface area contributed by atoms with Crippen LogP contribution in [0.5, 0.6) is 0 Å². The van der Waals surface area contributed by atoms with Crippen molar-refractivity contribution >= 4 is 0 Å². The molecular weight excluding hydrogens is 205 g/mol. The van der Waals surface area contributed by atoms with Crippen molar-refractivity contribution in [1.29, 1.82) is 0 Å². The van der Waals surface area contributed by atoms with Crippen molar-refractivity contribution in [3.63, 3.8) is 0 Å². The highest BCUT2D eigenvalue weighted by Crippen LogP contribution is 2.11. The lowest BCUT2D eigenvalue weighted by Gasteiger charge is -1.95. The molecule has 88 valence electrons. The zero-order chi connectivity index (χ0) is 11.8. The maximum atomic E-state index is 12.5. The lowest BCUT2D eigenvalue weighted by molar-refractivity contribution is 0.165. The average molecular weight is 223 g/mol. The maximum Gasteiger partial charge on any atom is 0.0989 e. The molecule has 0 saturated heterocycles. The highest BCUT2D eigenvalue weighted by Gasteiger charge is 1.98. The summed E-state index contributed by atoms with van der Waals surface area (Å²) in [5.41, 5.74) is 7.23. The van der Waals surface area contributed by atoms with E-state index < -0.39 is 0 Å². The Morgan fingerprint density at radius 1 is 1.56 bits per heavy atom. The van der Waals surface area contributed by atoms with Crippen LogP contribution in [0.1, 0.15) is 19.8 Å². The summed E-state index contributed by atoms with van der Waals surface area (Å²) in [6, 6.07) is 0. The zero-order valence-electron chi connectivity index (χ0n) is 9.58. The van der Waals surface area contributed by atoms with Crippen molar-refractivity contribution in [2.75, 3.05) is 13.2 Å². The molecule has 3 heteroatoms. The van der Waals surface area contributed by atoms with Gasteiger partial charge in [-0.1, -0.05) is 18.2 Å². The number of allylic oxidation sites excluding steroid dienone is 6. The van der Waals surface area contributed by atoms with Gasteiger partial charge in [0.15, 0.2) is 0 Å². The summed E-state index contributed by atoms with van der Waals surface area (Å²) in [6.07, 6.45) is 10.9. The van der Waals surface area contributed by atoms with Crippen LogP contribution in [0.15, 0.2) is 47.5 Å². The molecule has 16 heavy (non-hydrogen) atoms. The SMILES string of the molecule is C\C(F)=C/C(N)=C\C=C\C1=CCOCCC1. The molecular formula is C13H18FNO. The molecule has 2 nitrogen and oxygen atoms in total. The van der Waals surface area contributed by atoms with Crippen LogP contribution < -0.4 is 5.73 Å². The van der Waals surface area contributed by atoms with Crippen LogP contribution in [0.4, 0.5) is 4.39 Å². The Kier molecular flexibility index (Phi) is 5.57. The molecule has 0 bridgehead atoms. The van der Waals surface area contributed by atoms with Gasteiger partial charge in [-0.15, -0.1) is 0 Å². The van der Waals surface area contributed by atoms with Gasteiger partial charge in [-0.05, 0) is 37.5 Å². The van der Waals surface area contributed by atoms with Gasteiger partial charge in [-0.25, -0.2) is 4.39 Å². The third kappa shape index (κ3) is 5.51. The van der Waals surface area contributed by atoms with Crippen molar-refractivity contribution in [2.45, 2.75) is 19.8 Å². The van der Waals surface area contributed by atoms with E-state index in [0.717, 1.165) is 19.4 Å². The number of ether oxygens (including phenoxy) is 1. The van der Waals surface area contributed by atoms with E-state index in [2.05, 4.69) is 6.08 Å². The molecule has 0 spiro atoms. The number of hydrogen-bond acceptors (Lipinski definition) is 2. The summed E-state index contributed by atoms with van der Waals surface area (Å²) in [6.45, 7) is 2.85. The first kappa shape index (κ1) is 12.7. The van der Waals surface area contributed by atoms with Crippen molar-refractivity contribution in [2.24, 2.45) is 5.73 Å². The third-order valence-corrected chi connectivity index (χ3v) is 2.18. The first-order chi connectivity index (χ1) is 7.68. The smallest absolute Gasteiger partial charge is 0.0989 e. The predicted molar refractivity (Wildman–Crippen MR) is 64.4 cm³/mol. The molecule has 0 unspecified atom stereocenters. The maximum absolute atomic E-state index is 12.5. The molecule has 0 amide bonds. The quantitative estimate of drug-likeness (QED) is 0.746. The summed E-state index contributed by atoms with van der Waals surface area (Å²) < 4.78 is 17.8. The summed E-state index contributed by atoms with van der Waals surface area (Å²) in [5, 5.41) is 0. The first-order valence-electron chi connectivity index (χ1n) is 5.43. The number of hydrogen-bond donors (Lipinski definition) is 1. The van der Waals surface area contributed by atoms with E-state index in [1.807, 2.05) is 12.2 Å². The summed E-state index contributed by atoms with van der Waals surface area (Å²) >= 11 is 0. The largest absolute Gasteiger partial charge is 0.399 e. The van der Waals surface area contributed by atoms with Gasteiger partial charge in [0.1, 0.15) is 0 Å². The minimum atomic E-state index is -0.288. The molecule has 2 N–H and O–H groups in total. The molecule has 1 aliphatic rings. The van der Waals surface area contributed by atoms with Gasteiger partial charge < -0.3 is 10.5 Å². The van der Waals surface area contributed by atoms with E-state index in [4.69, 9.17) is 10.5 Å². The highest BCUT2D eigenvalue weighted by molar-refractivity contribution is 5.27. The van der Waals surface area contributed by atoms with Crippen LogP contribution in [0.3, 0.4) is 0 Å². The van der Waals surface area contributed by atoms with Gasteiger partial charge in [-0.3, -0.25) is 0 Å². The Labute approximate surface area is 96.0 Å². The van der Waals surface area contributed by atoms with Crippen LogP contribution in [-0.4, -0.2) is 13.2 Å². The van der Waals surface area contributed by atoms with E-state index in [9.17, 15) is 4.39 Å². The molecule has 0 saturated carbocycles. The van der Waals surface area contributed by atoms with Gasteiger partial charge >= 0.3 is 0 Å². The molecule has 1 heterocycles. The summed E-state index contributed by atoms with van der Waals surface area (Å²) in [7, 11) is 0. The van der Waals surface area contributed by atoms with Crippen LogP contribution in [0, 0.1) is 0 Å². The van der Waals surface area contributed by atoms with Gasteiger partial charge in [0.2, 0.25) is 0 Å². The topological polar surface area (TPSA) is 35.2 Å². The van der Waals surface area contributed by atoms with Gasteiger partial charge in [0.25, 0.3) is 0 Å². The van der Waals surface area contributed by atoms with Crippen molar-refractivity contribution in [3.8, 4) is 0 Å². The lowest BCUT2D eigenvalue weighted by atomic mass is 10.1. The van der Waals surface area contributed by atoms with E-state index in [1.165, 1.54) is 18.6 Å². The number of halogens is 1. The van der Waals surface area contributed by atoms with Crippen LogP contribution in [0.2, 0.25) is 0 Å². The second-order valence-electron chi connectivity index (χ2n) is 3.71. The molecule has 0 aromatic rings. The first-order valence-corrected chi connectivity index (χ1v) is 5.43. The number of nitrogens with two attached hydrogens (primary N) is 1. The second kappa shape index (κ2) is 7.01. The molecule has 1 rings (SSSR count). The minimum absolute atomic E-state index is 0.288. The van der Waals surface area contributed by atoms with E-state index in [-0.39, 0.29) is 5.83 Å². The van der Waals surface area contributed by atoms with Crippen LogP contribution in [0.25, 0.3) is 0 Å². The molecule has 0 aromatic carbocycles. The molecule has 0 aliphatic carbocycles. The normalized spacial score (nSPS) is 19.8. The fraction of sp³-hybridized carbons (Fsp3) is 0.385. The van der Waals surface area contributed by atoms with Gasteiger partial charge in [0, 0.05) is 12.3 Å². The lowest BCUT2D eigenvalue weighted by Crippen LogP contribution is -1.91. The van der Waals surface area contributed by atoms with Crippen molar-refractivity contribution in [3.05, 3.63) is 47.5 Å². The van der Waals surface area contributed by atoms with Crippen molar-refractivity contribution < 1.29 is 9.13 Å². The molecule has 0 radical (unpaired) electrons. The molecule has 0 aromatic heterocycles. The van der Waals surface area contributed by atoms with E-state index in [1.54, 1.807) is 6.08 Å². The van der Waals surface area contributed by atoms with Gasteiger partial charge in [-0.2, -0.15) is 0 Å². The number of rotatable bonds is 3. The molecule has 0 fully saturated rings. The fourth-order valence-electron chi connectivity index (χ4n) is 1.44. The fourth-order valence-corrected chi connectivity index (χ4v) is 1.44. The van der Waals surface area contributed by atoms with E-state index >= 15 is 0 Å². The third-order valence-electron chi connectivity index (χ3n) is 2.18. The predicted octanol–water partition coefficient (Wildman–Crippen LogP) is 3.00. The van der Waals surface area contributed by atoms with Crippen LogP contribution in [-0.2, 0) is 4.74 Å². The summed E-state index contributed by atoms with van der Waals surface area (Å²) in [4.78, 5) is 0. The molecule has 1 aliphatic heterocycles. The monoisotopic (exact) mass is 223 g/mol. The van der Waals surface area contributed by atoms with Gasteiger partial charge in [0.05, 0.1) is 12.4 Å². The van der Waals surface area contributed by atoms with Crippen LogP contribution >= 0.6 is 0 Å². The van der Waals surface area contributed by atoms with E-state index in [0.29, 0.717) is 12.3 Å². The standard InChI is InChI=1S/C13H18FNO/c1-11(14)10-13(15)6-2-4-12-5-3-8-16-9-7-12/h2,4,6-7,10H,3,5,8-9,15H2,1H3/b4-2+,11-10+,13-6+. The Morgan fingerprint density at radius 3 is 3.12 bits per heavy atom. The average Bonchev–Trinajstić information content (AvgIpc) is 2.45. The Bertz CT molecular complexity index is 336.